The smallest absolute Gasteiger partial charge is 0.334 e. The van der Waals surface area contributed by atoms with E-state index < -0.39 is 71.6 Å². The van der Waals surface area contributed by atoms with Crippen LogP contribution in [0.3, 0.4) is 0 Å². The topological polar surface area (TPSA) is 125 Å². The van der Waals surface area contributed by atoms with Crippen molar-refractivity contribution in [1.82, 2.24) is 0 Å². The molecule has 2 aliphatic carbocycles. The van der Waals surface area contributed by atoms with Gasteiger partial charge in [-0.1, -0.05) is 26.0 Å². The minimum atomic E-state index is -1.81. The van der Waals surface area contributed by atoms with Crippen molar-refractivity contribution < 1.29 is 43.2 Å². The second-order valence-electron chi connectivity index (χ2n) is 9.77. The van der Waals surface area contributed by atoms with Crippen molar-refractivity contribution in [3.05, 3.63) is 23.8 Å². The molecule has 0 amide bonds. The van der Waals surface area contributed by atoms with Crippen molar-refractivity contribution in [1.29, 1.82) is 0 Å². The van der Waals surface area contributed by atoms with E-state index in [1.54, 1.807) is 13.0 Å². The van der Waals surface area contributed by atoms with Crippen molar-refractivity contribution >= 4 is 23.9 Å². The lowest BCUT2D eigenvalue weighted by molar-refractivity contribution is -0.204. The second-order valence-corrected chi connectivity index (χ2v) is 9.77. The summed E-state index contributed by atoms with van der Waals surface area (Å²) in [6.07, 6.45) is -2.51. The number of aliphatic hydroxyl groups is 1. The van der Waals surface area contributed by atoms with E-state index in [1.807, 2.05) is 13.8 Å². The van der Waals surface area contributed by atoms with Crippen LogP contribution >= 0.6 is 0 Å². The summed E-state index contributed by atoms with van der Waals surface area (Å²) in [5.74, 6) is -4.76. The van der Waals surface area contributed by atoms with Crippen LogP contribution in [0.4, 0.5) is 0 Å². The predicted molar refractivity (Wildman–Crippen MR) is 114 cm³/mol. The Bertz CT molecular complexity index is 900. The van der Waals surface area contributed by atoms with Gasteiger partial charge >= 0.3 is 23.9 Å². The largest absolute Gasteiger partial charge is 0.458 e. The van der Waals surface area contributed by atoms with E-state index in [0.29, 0.717) is 0 Å². The molecule has 1 saturated carbocycles. The Morgan fingerprint density at radius 3 is 2.30 bits per heavy atom. The standard InChI is InChI=1S/C24H32O9/c1-10(2)8-16(27)32-21-18-12(4)23(28)33-20(18)17-11(3)9-15(30-13(5)25)19(17)24(7,29)22(21)31-14(6)26/h9-10,15,17-22,29H,4,8H2,1-3,5-7H3/t15-,17+,18+,19-,20-,21-,22-,24+/m1/s1. The van der Waals surface area contributed by atoms with Crippen LogP contribution < -0.4 is 0 Å². The Balaban J connectivity index is 2.17. The van der Waals surface area contributed by atoms with Gasteiger partial charge < -0.3 is 24.1 Å². The number of carbonyl (C=O) groups is 4. The molecule has 0 unspecified atom stereocenters. The number of carbonyl (C=O) groups excluding carboxylic acids is 4. The highest BCUT2D eigenvalue weighted by Gasteiger charge is 2.66. The van der Waals surface area contributed by atoms with Crippen molar-refractivity contribution in [2.24, 2.45) is 23.7 Å². The van der Waals surface area contributed by atoms with Gasteiger partial charge in [0.15, 0.2) is 12.2 Å². The molecule has 0 aromatic carbocycles. The minimum Gasteiger partial charge on any atom is -0.458 e. The van der Waals surface area contributed by atoms with Gasteiger partial charge in [-0.05, 0) is 25.8 Å². The van der Waals surface area contributed by atoms with Crippen molar-refractivity contribution in [2.45, 2.75) is 78.0 Å². The molecule has 1 N–H and O–H groups in total. The van der Waals surface area contributed by atoms with E-state index in [4.69, 9.17) is 18.9 Å². The average molecular weight is 465 g/mol. The third-order valence-electron chi connectivity index (χ3n) is 6.65. The first-order valence-electron chi connectivity index (χ1n) is 11.1. The molecule has 2 fully saturated rings. The summed E-state index contributed by atoms with van der Waals surface area (Å²) >= 11 is 0. The lowest BCUT2D eigenvalue weighted by Crippen LogP contribution is -2.57. The molecule has 1 heterocycles. The van der Waals surface area contributed by atoms with Crippen LogP contribution in [0.1, 0.15) is 48.0 Å². The lowest BCUT2D eigenvalue weighted by Gasteiger charge is -2.42. The van der Waals surface area contributed by atoms with E-state index in [0.717, 1.165) is 5.57 Å². The fraction of sp³-hybridized carbons (Fsp3) is 0.667. The molecule has 0 radical (unpaired) electrons. The summed E-state index contributed by atoms with van der Waals surface area (Å²) in [6, 6.07) is 0. The van der Waals surface area contributed by atoms with Crippen LogP contribution in [-0.2, 0) is 38.1 Å². The Morgan fingerprint density at radius 1 is 1.15 bits per heavy atom. The minimum absolute atomic E-state index is 0.00525. The molecule has 0 aromatic rings. The summed E-state index contributed by atoms with van der Waals surface area (Å²) < 4.78 is 22.5. The van der Waals surface area contributed by atoms with Crippen LogP contribution in [0.15, 0.2) is 23.8 Å². The first kappa shape index (κ1) is 25.0. The van der Waals surface area contributed by atoms with Crippen molar-refractivity contribution in [2.75, 3.05) is 0 Å². The quantitative estimate of drug-likeness (QED) is 0.281. The van der Waals surface area contributed by atoms with E-state index >= 15 is 0 Å². The first-order valence-corrected chi connectivity index (χ1v) is 11.1. The van der Waals surface area contributed by atoms with Gasteiger partial charge in [-0.25, -0.2) is 4.79 Å². The van der Waals surface area contributed by atoms with Crippen molar-refractivity contribution in [3.63, 3.8) is 0 Å². The van der Waals surface area contributed by atoms with Gasteiger partial charge in [0.2, 0.25) is 0 Å². The Kier molecular flexibility index (Phi) is 6.75. The number of hydrogen-bond donors (Lipinski definition) is 1. The number of fused-ring (bicyclic) bond motifs is 3. The maximum Gasteiger partial charge on any atom is 0.334 e. The van der Waals surface area contributed by atoms with Gasteiger partial charge in [-0.3, -0.25) is 14.4 Å². The number of rotatable bonds is 5. The van der Waals surface area contributed by atoms with Gasteiger partial charge in [-0.15, -0.1) is 0 Å². The molecule has 8 atom stereocenters. The monoisotopic (exact) mass is 464 g/mol. The average Bonchev–Trinajstić information content (AvgIpc) is 3.10. The Morgan fingerprint density at radius 2 is 1.76 bits per heavy atom. The normalized spacial score (nSPS) is 37.5. The van der Waals surface area contributed by atoms with Crippen LogP contribution in [0.25, 0.3) is 0 Å². The zero-order chi connectivity index (χ0) is 24.8. The Labute approximate surface area is 193 Å². The Hall–Kier alpha value is -2.68. The molecule has 3 aliphatic rings. The molecule has 9 nitrogen and oxygen atoms in total. The highest BCUT2D eigenvalue weighted by atomic mass is 16.6. The summed E-state index contributed by atoms with van der Waals surface area (Å²) in [5, 5.41) is 11.8. The molecular formula is C24H32O9. The lowest BCUT2D eigenvalue weighted by atomic mass is 9.74. The molecule has 0 spiro atoms. The summed E-state index contributed by atoms with van der Waals surface area (Å²) in [4.78, 5) is 49.1. The summed E-state index contributed by atoms with van der Waals surface area (Å²) in [6.45, 7) is 13.2. The zero-order valence-corrected chi connectivity index (χ0v) is 19.8. The highest BCUT2D eigenvalue weighted by molar-refractivity contribution is 5.91. The second kappa shape index (κ2) is 8.93. The van der Waals surface area contributed by atoms with Gasteiger partial charge in [-0.2, -0.15) is 0 Å². The highest BCUT2D eigenvalue weighted by Crippen LogP contribution is 2.54. The summed E-state index contributed by atoms with van der Waals surface area (Å²) in [5.41, 5.74) is -1.01. The van der Waals surface area contributed by atoms with E-state index in [1.165, 1.54) is 20.8 Å². The molecular weight excluding hydrogens is 432 g/mol. The van der Waals surface area contributed by atoms with Gasteiger partial charge in [0.1, 0.15) is 17.8 Å². The van der Waals surface area contributed by atoms with E-state index in [9.17, 15) is 24.3 Å². The fourth-order valence-corrected chi connectivity index (χ4v) is 5.45. The van der Waals surface area contributed by atoms with E-state index in [2.05, 4.69) is 6.58 Å². The molecule has 33 heavy (non-hydrogen) atoms. The third-order valence-corrected chi connectivity index (χ3v) is 6.65. The molecule has 9 heteroatoms. The van der Waals surface area contributed by atoms with Crippen LogP contribution in [0.5, 0.6) is 0 Å². The molecule has 182 valence electrons. The molecule has 1 aliphatic heterocycles. The predicted octanol–water partition coefficient (Wildman–Crippen LogP) is 1.86. The van der Waals surface area contributed by atoms with Gasteiger partial charge in [0.05, 0.1) is 5.92 Å². The number of hydrogen-bond acceptors (Lipinski definition) is 9. The van der Waals surface area contributed by atoms with Gasteiger partial charge in [0, 0.05) is 37.7 Å². The maximum absolute atomic E-state index is 12.7. The van der Waals surface area contributed by atoms with E-state index in [-0.39, 0.29) is 17.9 Å². The molecule has 3 rings (SSSR count). The van der Waals surface area contributed by atoms with Crippen LogP contribution in [-0.4, -0.2) is 59.0 Å². The van der Waals surface area contributed by atoms with Crippen molar-refractivity contribution in [3.8, 4) is 0 Å². The maximum atomic E-state index is 12.7. The molecule has 1 saturated heterocycles. The number of esters is 4. The number of ether oxygens (including phenoxy) is 4. The first-order chi connectivity index (χ1) is 15.2. The zero-order valence-electron chi connectivity index (χ0n) is 19.8. The van der Waals surface area contributed by atoms with Crippen LogP contribution in [0, 0.1) is 23.7 Å². The summed E-state index contributed by atoms with van der Waals surface area (Å²) in [7, 11) is 0. The molecule has 0 aromatic heterocycles. The SMILES string of the molecule is C=C1C(=O)O[C@H]2[C@H]1[C@@H](OC(=O)CC(C)C)[C@@H](OC(C)=O)[C@@](C)(O)[C@H]1[C@@H]2C(C)=C[C@H]1OC(C)=O. The fourth-order valence-electron chi connectivity index (χ4n) is 5.45. The van der Waals surface area contributed by atoms with Crippen LogP contribution in [0.2, 0.25) is 0 Å². The third kappa shape index (κ3) is 4.55. The van der Waals surface area contributed by atoms with Gasteiger partial charge in [0.25, 0.3) is 0 Å². The molecule has 0 bridgehead atoms.